The first kappa shape index (κ1) is 15.8. The molecule has 0 radical (unpaired) electrons. The van der Waals surface area contributed by atoms with Gasteiger partial charge < -0.3 is 15.5 Å². The maximum atomic E-state index is 12.2. The average molecular weight is 281 g/mol. The first-order valence-corrected chi connectivity index (χ1v) is 8.36. The minimum atomic E-state index is -0.335. The number of carbonyl (C=O) groups excluding carboxylic acids is 1. The highest BCUT2D eigenvalue weighted by atomic mass is 16.2. The molecule has 1 unspecified atom stereocenters. The largest absolute Gasteiger partial charge is 0.354 e. The molecular weight excluding hydrogens is 250 g/mol. The SMILES string of the molecule is CC1CCN(CCCNC(=O)C2(C)CCCCN2)CC1. The third kappa shape index (κ3) is 4.45. The van der Waals surface area contributed by atoms with Gasteiger partial charge in [-0.15, -0.1) is 0 Å². The van der Waals surface area contributed by atoms with Gasteiger partial charge in [-0.25, -0.2) is 0 Å². The van der Waals surface area contributed by atoms with E-state index < -0.39 is 0 Å². The second-order valence-electron chi connectivity index (χ2n) is 6.85. The van der Waals surface area contributed by atoms with Crippen molar-refractivity contribution in [3.05, 3.63) is 0 Å². The molecule has 20 heavy (non-hydrogen) atoms. The van der Waals surface area contributed by atoms with E-state index in [2.05, 4.69) is 22.5 Å². The fourth-order valence-corrected chi connectivity index (χ4v) is 3.24. The molecule has 2 heterocycles. The molecule has 116 valence electrons. The van der Waals surface area contributed by atoms with E-state index in [1.807, 2.05) is 6.92 Å². The van der Waals surface area contributed by atoms with Crippen molar-refractivity contribution in [3.63, 3.8) is 0 Å². The van der Waals surface area contributed by atoms with Crippen LogP contribution in [0.1, 0.15) is 52.4 Å². The van der Waals surface area contributed by atoms with Gasteiger partial charge in [0.15, 0.2) is 0 Å². The Bertz CT molecular complexity index is 305. The zero-order valence-corrected chi connectivity index (χ0v) is 13.2. The smallest absolute Gasteiger partial charge is 0.240 e. The van der Waals surface area contributed by atoms with Crippen molar-refractivity contribution in [3.8, 4) is 0 Å². The molecule has 1 atom stereocenters. The molecule has 0 aliphatic carbocycles. The van der Waals surface area contributed by atoms with Crippen LogP contribution in [0.2, 0.25) is 0 Å². The molecule has 0 bridgehead atoms. The lowest BCUT2D eigenvalue weighted by Crippen LogP contribution is -2.57. The van der Waals surface area contributed by atoms with Crippen molar-refractivity contribution in [1.82, 2.24) is 15.5 Å². The van der Waals surface area contributed by atoms with Crippen LogP contribution in [0, 0.1) is 5.92 Å². The topological polar surface area (TPSA) is 44.4 Å². The quantitative estimate of drug-likeness (QED) is 0.755. The molecule has 0 spiro atoms. The van der Waals surface area contributed by atoms with E-state index in [0.29, 0.717) is 0 Å². The highest BCUT2D eigenvalue weighted by Crippen LogP contribution is 2.19. The standard InChI is InChI=1S/C16H31N3O/c1-14-6-12-19(13-7-14)11-5-9-17-15(20)16(2)8-3-4-10-18-16/h14,18H,3-13H2,1-2H3,(H,17,20). The molecule has 2 saturated heterocycles. The van der Waals surface area contributed by atoms with Gasteiger partial charge in [-0.3, -0.25) is 4.79 Å². The van der Waals surface area contributed by atoms with E-state index in [1.165, 1.54) is 32.4 Å². The fourth-order valence-electron chi connectivity index (χ4n) is 3.24. The van der Waals surface area contributed by atoms with Crippen molar-refractivity contribution >= 4 is 5.91 Å². The Morgan fingerprint density at radius 1 is 1.35 bits per heavy atom. The summed E-state index contributed by atoms with van der Waals surface area (Å²) in [5.41, 5.74) is -0.335. The summed E-state index contributed by atoms with van der Waals surface area (Å²) in [6.07, 6.45) is 7.03. The molecule has 2 aliphatic rings. The van der Waals surface area contributed by atoms with Gasteiger partial charge in [-0.2, -0.15) is 0 Å². The first-order valence-electron chi connectivity index (χ1n) is 8.36. The van der Waals surface area contributed by atoms with Crippen molar-refractivity contribution in [2.24, 2.45) is 5.92 Å². The summed E-state index contributed by atoms with van der Waals surface area (Å²) < 4.78 is 0. The molecule has 2 aliphatic heterocycles. The van der Waals surface area contributed by atoms with Crippen LogP contribution in [0.3, 0.4) is 0 Å². The zero-order valence-electron chi connectivity index (χ0n) is 13.2. The molecule has 0 saturated carbocycles. The molecule has 4 nitrogen and oxygen atoms in total. The van der Waals surface area contributed by atoms with E-state index in [1.54, 1.807) is 0 Å². The Morgan fingerprint density at radius 2 is 2.10 bits per heavy atom. The van der Waals surface area contributed by atoms with Gasteiger partial charge in [0.05, 0.1) is 5.54 Å². The molecule has 2 rings (SSSR count). The lowest BCUT2D eigenvalue weighted by Gasteiger charge is -2.33. The van der Waals surface area contributed by atoms with Crippen LogP contribution in [0.15, 0.2) is 0 Å². The Kier molecular flexibility index (Phi) is 5.85. The Hall–Kier alpha value is -0.610. The van der Waals surface area contributed by atoms with Crippen molar-refractivity contribution in [1.29, 1.82) is 0 Å². The van der Waals surface area contributed by atoms with Gasteiger partial charge in [0.2, 0.25) is 5.91 Å². The first-order chi connectivity index (χ1) is 9.60. The third-order valence-electron chi connectivity index (χ3n) is 4.93. The van der Waals surface area contributed by atoms with E-state index in [0.717, 1.165) is 44.8 Å². The maximum absolute atomic E-state index is 12.2. The normalized spacial score (nSPS) is 29.3. The number of nitrogens with one attached hydrogen (secondary N) is 2. The molecule has 2 fully saturated rings. The van der Waals surface area contributed by atoms with Crippen LogP contribution < -0.4 is 10.6 Å². The van der Waals surface area contributed by atoms with Crippen molar-refractivity contribution in [2.45, 2.75) is 57.9 Å². The highest BCUT2D eigenvalue weighted by Gasteiger charge is 2.33. The number of hydrogen-bond donors (Lipinski definition) is 2. The van der Waals surface area contributed by atoms with E-state index in [9.17, 15) is 4.79 Å². The summed E-state index contributed by atoms with van der Waals surface area (Å²) in [5.74, 6) is 1.08. The van der Waals surface area contributed by atoms with Gasteiger partial charge in [-0.1, -0.05) is 6.92 Å². The van der Waals surface area contributed by atoms with Crippen LogP contribution in [-0.2, 0) is 4.79 Å². The third-order valence-corrected chi connectivity index (χ3v) is 4.93. The number of rotatable bonds is 5. The van der Waals surface area contributed by atoms with Gasteiger partial charge in [0.25, 0.3) is 0 Å². The lowest BCUT2D eigenvalue weighted by molar-refractivity contribution is -0.127. The second kappa shape index (κ2) is 7.41. The second-order valence-corrected chi connectivity index (χ2v) is 6.85. The summed E-state index contributed by atoms with van der Waals surface area (Å²) in [6.45, 7) is 9.74. The van der Waals surface area contributed by atoms with Gasteiger partial charge in [0.1, 0.15) is 0 Å². The predicted octanol–water partition coefficient (Wildman–Crippen LogP) is 1.76. The summed E-state index contributed by atoms with van der Waals surface area (Å²) >= 11 is 0. The van der Waals surface area contributed by atoms with Crippen LogP contribution in [0.5, 0.6) is 0 Å². The maximum Gasteiger partial charge on any atom is 0.240 e. The minimum Gasteiger partial charge on any atom is -0.354 e. The van der Waals surface area contributed by atoms with E-state index in [-0.39, 0.29) is 11.4 Å². The van der Waals surface area contributed by atoms with Crippen molar-refractivity contribution < 1.29 is 4.79 Å². The van der Waals surface area contributed by atoms with Crippen LogP contribution >= 0.6 is 0 Å². The molecule has 0 aromatic rings. The Labute approximate surface area is 123 Å². The zero-order chi connectivity index (χ0) is 14.4. The molecule has 0 aromatic heterocycles. The van der Waals surface area contributed by atoms with Gasteiger partial charge >= 0.3 is 0 Å². The summed E-state index contributed by atoms with van der Waals surface area (Å²) in [6, 6.07) is 0. The predicted molar refractivity (Wildman–Crippen MR) is 82.7 cm³/mol. The highest BCUT2D eigenvalue weighted by molar-refractivity contribution is 5.85. The number of piperidine rings is 2. The lowest BCUT2D eigenvalue weighted by atomic mass is 9.90. The minimum absolute atomic E-state index is 0.185. The summed E-state index contributed by atoms with van der Waals surface area (Å²) in [7, 11) is 0. The molecule has 1 amide bonds. The average Bonchev–Trinajstić information content (AvgIpc) is 2.46. The summed E-state index contributed by atoms with van der Waals surface area (Å²) in [4.78, 5) is 14.8. The summed E-state index contributed by atoms with van der Waals surface area (Å²) in [5, 5.41) is 6.48. The number of amides is 1. The van der Waals surface area contributed by atoms with Gasteiger partial charge in [-0.05, 0) is 77.5 Å². The molecule has 0 aromatic carbocycles. The molecular formula is C16H31N3O. The van der Waals surface area contributed by atoms with Crippen LogP contribution in [0.4, 0.5) is 0 Å². The number of likely N-dealkylation sites (tertiary alicyclic amines) is 1. The van der Waals surface area contributed by atoms with E-state index in [4.69, 9.17) is 0 Å². The molecule has 2 N–H and O–H groups in total. The Morgan fingerprint density at radius 3 is 2.75 bits per heavy atom. The number of nitrogens with zero attached hydrogens (tertiary/aromatic N) is 1. The monoisotopic (exact) mass is 281 g/mol. The number of hydrogen-bond acceptors (Lipinski definition) is 3. The van der Waals surface area contributed by atoms with Crippen LogP contribution in [-0.4, -0.2) is 49.1 Å². The van der Waals surface area contributed by atoms with Gasteiger partial charge in [0, 0.05) is 6.54 Å². The number of carbonyl (C=O) groups is 1. The van der Waals surface area contributed by atoms with Crippen LogP contribution in [0.25, 0.3) is 0 Å². The molecule has 4 heteroatoms. The Balaban J connectivity index is 1.59. The fraction of sp³-hybridized carbons (Fsp3) is 0.938. The van der Waals surface area contributed by atoms with Crippen molar-refractivity contribution in [2.75, 3.05) is 32.7 Å². The van der Waals surface area contributed by atoms with E-state index >= 15 is 0 Å².